The smallest absolute Gasteiger partial charge is 0.256 e. The molecule has 19 heavy (non-hydrogen) atoms. The van der Waals surface area contributed by atoms with Gasteiger partial charge in [-0.3, -0.25) is 4.79 Å². The van der Waals surface area contributed by atoms with Crippen LogP contribution in [0.15, 0.2) is 41.0 Å². The zero-order valence-corrected chi connectivity index (χ0v) is 11.6. The summed E-state index contributed by atoms with van der Waals surface area (Å²) < 4.78 is 18.9. The van der Waals surface area contributed by atoms with Gasteiger partial charge in [-0.2, -0.15) is 0 Å². The van der Waals surface area contributed by atoms with Crippen LogP contribution >= 0.6 is 15.9 Å². The van der Waals surface area contributed by atoms with E-state index in [1.54, 1.807) is 18.3 Å². The molecule has 0 saturated carbocycles. The topological polar surface area (TPSA) is 51.2 Å². The number of benzene rings is 1. The van der Waals surface area contributed by atoms with Gasteiger partial charge < -0.3 is 10.1 Å². The minimum Gasteiger partial charge on any atom is -0.494 e. The maximum Gasteiger partial charge on any atom is 0.256 e. The summed E-state index contributed by atoms with van der Waals surface area (Å²) in [6.07, 6.45) is 1.55. The van der Waals surface area contributed by atoms with E-state index in [4.69, 9.17) is 4.74 Å². The predicted molar refractivity (Wildman–Crippen MR) is 72.8 cm³/mol. The highest BCUT2D eigenvalue weighted by atomic mass is 79.9. The molecule has 1 N–H and O–H groups in total. The molecule has 0 unspecified atom stereocenters. The summed E-state index contributed by atoms with van der Waals surface area (Å²) >= 11 is 3.26. The molecule has 1 amide bonds. The van der Waals surface area contributed by atoms with Crippen molar-refractivity contribution in [2.75, 3.05) is 12.4 Å². The quantitative estimate of drug-likeness (QED) is 0.942. The highest BCUT2D eigenvalue weighted by Gasteiger charge is 2.12. The van der Waals surface area contributed by atoms with Crippen LogP contribution in [0.3, 0.4) is 0 Å². The summed E-state index contributed by atoms with van der Waals surface area (Å²) in [5, 5.41) is 2.59. The zero-order chi connectivity index (χ0) is 13.8. The van der Waals surface area contributed by atoms with Gasteiger partial charge in [-0.05, 0) is 46.3 Å². The van der Waals surface area contributed by atoms with Gasteiger partial charge in [-0.15, -0.1) is 0 Å². The number of methoxy groups -OCH3 is 1. The van der Waals surface area contributed by atoms with E-state index in [1.165, 1.54) is 19.2 Å². The Balaban J connectivity index is 2.21. The van der Waals surface area contributed by atoms with Gasteiger partial charge >= 0.3 is 0 Å². The summed E-state index contributed by atoms with van der Waals surface area (Å²) in [5.74, 6) is -0.560. The van der Waals surface area contributed by atoms with Gasteiger partial charge in [-0.1, -0.05) is 0 Å². The van der Waals surface area contributed by atoms with E-state index in [-0.39, 0.29) is 11.3 Å². The summed E-state index contributed by atoms with van der Waals surface area (Å²) in [6, 6.07) is 7.47. The SMILES string of the molecule is COc1ccc(C(=O)Nc2ncccc2Br)cc1F. The third-order valence-electron chi connectivity index (χ3n) is 2.40. The molecule has 4 nitrogen and oxygen atoms in total. The molecule has 0 spiro atoms. The van der Waals surface area contributed by atoms with Crippen LogP contribution in [0.4, 0.5) is 10.2 Å². The lowest BCUT2D eigenvalue weighted by Crippen LogP contribution is -2.13. The Kier molecular flexibility index (Phi) is 4.11. The van der Waals surface area contributed by atoms with Crippen LogP contribution in [0.1, 0.15) is 10.4 Å². The molecule has 2 rings (SSSR count). The molecule has 0 fully saturated rings. The van der Waals surface area contributed by atoms with Gasteiger partial charge in [0.25, 0.3) is 5.91 Å². The van der Waals surface area contributed by atoms with E-state index in [1.807, 2.05) is 0 Å². The molecular formula is C13H10BrFN2O2. The number of hydrogen-bond acceptors (Lipinski definition) is 3. The van der Waals surface area contributed by atoms with Crippen LogP contribution in [0, 0.1) is 5.82 Å². The zero-order valence-electron chi connectivity index (χ0n) is 9.98. The van der Waals surface area contributed by atoms with Crippen molar-refractivity contribution in [2.24, 2.45) is 0 Å². The summed E-state index contributed by atoms with van der Waals surface area (Å²) in [5.41, 5.74) is 0.191. The second kappa shape index (κ2) is 5.79. The first-order chi connectivity index (χ1) is 9.11. The standard InChI is InChI=1S/C13H10BrFN2O2/c1-19-11-5-4-8(7-10(11)15)13(18)17-12-9(14)3-2-6-16-12/h2-7H,1H3,(H,16,17,18). The van der Waals surface area contributed by atoms with Crippen LogP contribution in [0.25, 0.3) is 0 Å². The van der Waals surface area contributed by atoms with E-state index in [2.05, 4.69) is 26.2 Å². The fourth-order valence-electron chi connectivity index (χ4n) is 1.46. The summed E-state index contributed by atoms with van der Waals surface area (Å²) in [4.78, 5) is 15.9. The van der Waals surface area contributed by atoms with Crippen LogP contribution in [0.2, 0.25) is 0 Å². The predicted octanol–water partition coefficient (Wildman–Crippen LogP) is 3.24. The van der Waals surface area contributed by atoms with Crippen molar-refractivity contribution in [3.63, 3.8) is 0 Å². The number of amides is 1. The van der Waals surface area contributed by atoms with Crippen molar-refractivity contribution in [1.82, 2.24) is 4.98 Å². The van der Waals surface area contributed by atoms with Gasteiger partial charge in [0.05, 0.1) is 11.6 Å². The molecule has 6 heteroatoms. The minimum absolute atomic E-state index is 0.0931. The Morgan fingerprint density at radius 3 is 2.84 bits per heavy atom. The Morgan fingerprint density at radius 2 is 2.21 bits per heavy atom. The van der Waals surface area contributed by atoms with Gasteiger partial charge in [0.2, 0.25) is 0 Å². The molecule has 1 aromatic carbocycles. The number of carbonyl (C=O) groups excluding carboxylic acids is 1. The largest absolute Gasteiger partial charge is 0.494 e. The van der Waals surface area contributed by atoms with Crippen LogP contribution in [-0.4, -0.2) is 18.0 Å². The number of hydrogen-bond donors (Lipinski definition) is 1. The first kappa shape index (κ1) is 13.5. The van der Waals surface area contributed by atoms with Gasteiger partial charge in [0.15, 0.2) is 11.6 Å². The van der Waals surface area contributed by atoms with E-state index in [9.17, 15) is 9.18 Å². The van der Waals surface area contributed by atoms with Crippen molar-refractivity contribution in [3.05, 3.63) is 52.4 Å². The molecule has 0 radical (unpaired) electrons. The Bertz CT molecular complexity index is 619. The van der Waals surface area contributed by atoms with Crippen molar-refractivity contribution >= 4 is 27.7 Å². The van der Waals surface area contributed by atoms with Crippen LogP contribution in [0.5, 0.6) is 5.75 Å². The number of ether oxygens (including phenoxy) is 1. The molecule has 0 atom stereocenters. The minimum atomic E-state index is -0.588. The number of anilines is 1. The number of pyridine rings is 1. The maximum atomic E-state index is 13.5. The van der Waals surface area contributed by atoms with Gasteiger partial charge in [-0.25, -0.2) is 9.37 Å². The van der Waals surface area contributed by atoms with E-state index in [0.29, 0.717) is 10.3 Å². The fourth-order valence-corrected chi connectivity index (χ4v) is 1.82. The monoisotopic (exact) mass is 324 g/mol. The third kappa shape index (κ3) is 3.08. The number of nitrogens with one attached hydrogen (secondary N) is 1. The van der Waals surface area contributed by atoms with E-state index in [0.717, 1.165) is 6.07 Å². The molecule has 1 aromatic heterocycles. The molecule has 0 saturated heterocycles. The molecule has 1 heterocycles. The Hall–Kier alpha value is -1.95. The van der Waals surface area contributed by atoms with E-state index >= 15 is 0 Å². The third-order valence-corrected chi connectivity index (χ3v) is 3.04. The molecule has 0 bridgehead atoms. The van der Waals surface area contributed by atoms with Crippen molar-refractivity contribution in [1.29, 1.82) is 0 Å². The second-order valence-corrected chi connectivity index (χ2v) is 4.49. The first-order valence-electron chi connectivity index (χ1n) is 5.37. The maximum absolute atomic E-state index is 13.5. The highest BCUT2D eigenvalue weighted by molar-refractivity contribution is 9.10. The Labute approximate surface area is 117 Å². The van der Waals surface area contributed by atoms with Crippen LogP contribution in [-0.2, 0) is 0 Å². The normalized spacial score (nSPS) is 10.1. The van der Waals surface area contributed by atoms with Crippen molar-refractivity contribution < 1.29 is 13.9 Å². The molecule has 0 aliphatic carbocycles. The van der Waals surface area contributed by atoms with E-state index < -0.39 is 11.7 Å². The first-order valence-corrected chi connectivity index (χ1v) is 6.16. The molecular weight excluding hydrogens is 315 g/mol. The Morgan fingerprint density at radius 1 is 1.42 bits per heavy atom. The average Bonchev–Trinajstić information content (AvgIpc) is 2.41. The van der Waals surface area contributed by atoms with Gasteiger partial charge in [0, 0.05) is 11.8 Å². The lowest BCUT2D eigenvalue weighted by Gasteiger charge is -2.07. The summed E-state index contributed by atoms with van der Waals surface area (Å²) in [7, 11) is 1.36. The molecule has 0 aliphatic heterocycles. The number of nitrogens with zero attached hydrogens (tertiary/aromatic N) is 1. The number of carbonyl (C=O) groups is 1. The van der Waals surface area contributed by atoms with Crippen molar-refractivity contribution in [2.45, 2.75) is 0 Å². The average molecular weight is 325 g/mol. The number of rotatable bonds is 3. The lowest BCUT2D eigenvalue weighted by atomic mass is 10.2. The second-order valence-electron chi connectivity index (χ2n) is 3.64. The lowest BCUT2D eigenvalue weighted by molar-refractivity contribution is 0.102. The van der Waals surface area contributed by atoms with Crippen LogP contribution < -0.4 is 10.1 Å². The molecule has 2 aromatic rings. The van der Waals surface area contributed by atoms with Gasteiger partial charge in [0.1, 0.15) is 5.82 Å². The highest BCUT2D eigenvalue weighted by Crippen LogP contribution is 2.21. The molecule has 98 valence electrons. The number of aromatic nitrogens is 1. The summed E-state index contributed by atoms with van der Waals surface area (Å²) in [6.45, 7) is 0. The fraction of sp³-hybridized carbons (Fsp3) is 0.0769. The van der Waals surface area contributed by atoms with Crippen molar-refractivity contribution in [3.8, 4) is 5.75 Å². The molecule has 0 aliphatic rings. The number of halogens is 2.